The van der Waals surface area contributed by atoms with Crippen molar-refractivity contribution in [2.45, 2.75) is 25.7 Å². The average Bonchev–Trinajstić information content (AvgIpc) is 3.33. The molecule has 0 radical (unpaired) electrons. The highest BCUT2D eigenvalue weighted by Gasteiger charge is 2.26. The molecule has 0 spiro atoms. The molecule has 7 heteroatoms. The van der Waals surface area contributed by atoms with Gasteiger partial charge in [-0.15, -0.1) is 0 Å². The zero-order chi connectivity index (χ0) is 16.4. The van der Waals surface area contributed by atoms with Crippen molar-refractivity contribution >= 4 is 35.0 Å². The summed E-state index contributed by atoms with van der Waals surface area (Å²) in [4.78, 5) is 19.4. The van der Waals surface area contributed by atoms with Gasteiger partial charge in [0.1, 0.15) is 12.4 Å². The number of aromatic nitrogens is 2. The molecule has 3 rings (SSSR count). The van der Waals surface area contributed by atoms with E-state index in [4.69, 9.17) is 16.7 Å². The maximum atomic E-state index is 10.7. The van der Waals surface area contributed by atoms with Crippen molar-refractivity contribution in [1.29, 1.82) is 0 Å². The van der Waals surface area contributed by atoms with Gasteiger partial charge in [-0.05, 0) is 37.5 Å². The molecule has 1 fully saturated rings. The molecule has 1 saturated carbocycles. The van der Waals surface area contributed by atoms with Crippen LogP contribution in [0.4, 0.5) is 17.5 Å². The molecule has 2 aromatic rings. The van der Waals surface area contributed by atoms with Crippen LogP contribution in [0, 0.1) is 6.92 Å². The largest absolute Gasteiger partial charge is 0.480 e. The molecule has 6 nitrogen and oxygen atoms in total. The third-order valence-electron chi connectivity index (χ3n) is 3.58. The Morgan fingerprint density at radius 1 is 1.35 bits per heavy atom. The molecule has 120 valence electrons. The summed E-state index contributed by atoms with van der Waals surface area (Å²) < 4.78 is 0. The highest BCUT2D eigenvalue weighted by atomic mass is 35.5. The third-order valence-corrected chi connectivity index (χ3v) is 3.99. The van der Waals surface area contributed by atoms with Crippen molar-refractivity contribution in [2.75, 3.05) is 17.2 Å². The van der Waals surface area contributed by atoms with Crippen LogP contribution < -0.4 is 10.6 Å². The van der Waals surface area contributed by atoms with Crippen molar-refractivity contribution in [1.82, 2.24) is 9.97 Å². The van der Waals surface area contributed by atoms with Gasteiger partial charge in [0.25, 0.3) is 0 Å². The minimum atomic E-state index is -0.953. The first kappa shape index (κ1) is 15.6. The van der Waals surface area contributed by atoms with Crippen LogP contribution in [-0.4, -0.2) is 27.6 Å². The first-order valence-electron chi connectivity index (χ1n) is 7.39. The molecular weight excluding hydrogens is 316 g/mol. The minimum Gasteiger partial charge on any atom is -0.480 e. The first-order valence-corrected chi connectivity index (χ1v) is 7.77. The van der Waals surface area contributed by atoms with E-state index in [9.17, 15) is 4.79 Å². The van der Waals surface area contributed by atoms with E-state index in [2.05, 4.69) is 20.6 Å². The summed E-state index contributed by atoms with van der Waals surface area (Å²) in [6.07, 6.45) is 2.20. The Hall–Kier alpha value is -2.34. The molecule has 0 saturated heterocycles. The van der Waals surface area contributed by atoms with Crippen molar-refractivity contribution < 1.29 is 9.90 Å². The van der Waals surface area contributed by atoms with Crippen molar-refractivity contribution in [3.8, 4) is 0 Å². The van der Waals surface area contributed by atoms with Crippen LogP contribution in [0.15, 0.2) is 24.3 Å². The Kier molecular flexibility index (Phi) is 4.34. The summed E-state index contributed by atoms with van der Waals surface area (Å²) in [5, 5.41) is 15.4. The number of aryl methyl sites for hydroxylation is 1. The van der Waals surface area contributed by atoms with Crippen LogP contribution in [0.5, 0.6) is 0 Å². The summed E-state index contributed by atoms with van der Waals surface area (Å²) in [6, 6.07) is 7.58. The van der Waals surface area contributed by atoms with Gasteiger partial charge in [-0.25, -0.2) is 4.98 Å². The van der Waals surface area contributed by atoms with Gasteiger partial charge < -0.3 is 15.7 Å². The Morgan fingerprint density at radius 3 is 2.78 bits per heavy atom. The van der Waals surface area contributed by atoms with Gasteiger partial charge in [-0.1, -0.05) is 17.7 Å². The lowest BCUT2D eigenvalue weighted by Gasteiger charge is -2.11. The number of nitrogens with one attached hydrogen (secondary N) is 2. The number of hydrogen-bond acceptors (Lipinski definition) is 5. The molecule has 0 amide bonds. The minimum absolute atomic E-state index is 0.218. The maximum Gasteiger partial charge on any atom is 0.322 e. The number of hydrogen-bond donors (Lipinski definition) is 3. The number of aliphatic carboxylic acids is 1. The zero-order valence-electron chi connectivity index (χ0n) is 12.6. The predicted octanol–water partition coefficient (Wildman–Crippen LogP) is 3.56. The van der Waals surface area contributed by atoms with Crippen LogP contribution in [0.25, 0.3) is 0 Å². The molecule has 0 unspecified atom stereocenters. The lowest BCUT2D eigenvalue weighted by atomic mass is 10.2. The van der Waals surface area contributed by atoms with E-state index in [0.29, 0.717) is 22.7 Å². The van der Waals surface area contributed by atoms with Crippen LogP contribution in [0.2, 0.25) is 5.02 Å². The quantitative estimate of drug-likeness (QED) is 0.749. The fraction of sp³-hybridized carbons (Fsp3) is 0.312. The van der Waals surface area contributed by atoms with E-state index in [1.165, 1.54) is 0 Å². The lowest BCUT2D eigenvalue weighted by molar-refractivity contribution is -0.134. The molecule has 0 atom stereocenters. The topological polar surface area (TPSA) is 87.1 Å². The molecular formula is C16H17ClN4O2. The Labute approximate surface area is 138 Å². The number of carboxylic acids is 1. The number of carboxylic acid groups (broad SMARTS) is 1. The fourth-order valence-corrected chi connectivity index (χ4v) is 2.35. The Balaban J connectivity index is 1.84. The summed E-state index contributed by atoms with van der Waals surface area (Å²) in [6.45, 7) is 1.72. The standard InChI is InChI=1S/C16H17ClN4O2/c1-9-2-5-11(6-12(9)17)19-14-7-13(10-3-4-10)20-16(21-14)18-8-15(22)23/h2,5-7,10H,3-4,8H2,1H3,(H,22,23)(H2,18,19,20,21). The van der Waals surface area contributed by atoms with Gasteiger partial charge >= 0.3 is 5.97 Å². The summed E-state index contributed by atoms with van der Waals surface area (Å²) in [7, 11) is 0. The Morgan fingerprint density at radius 2 is 2.13 bits per heavy atom. The number of carbonyl (C=O) groups is 1. The average molecular weight is 333 g/mol. The molecule has 1 aliphatic carbocycles. The molecule has 1 aliphatic rings. The van der Waals surface area contributed by atoms with Crippen molar-refractivity contribution in [2.24, 2.45) is 0 Å². The van der Waals surface area contributed by atoms with Crippen molar-refractivity contribution in [3.63, 3.8) is 0 Å². The zero-order valence-corrected chi connectivity index (χ0v) is 13.4. The van der Waals surface area contributed by atoms with E-state index in [-0.39, 0.29) is 6.54 Å². The molecule has 23 heavy (non-hydrogen) atoms. The smallest absolute Gasteiger partial charge is 0.322 e. The fourth-order valence-electron chi connectivity index (χ4n) is 2.17. The van der Waals surface area contributed by atoms with E-state index < -0.39 is 5.97 Å². The van der Waals surface area contributed by atoms with E-state index >= 15 is 0 Å². The second-order valence-corrected chi connectivity index (χ2v) is 6.02. The van der Waals surface area contributed by atoms with Crippen LogP contribution in [0.1, 0.15) is 30.0 Å². The number of rotatable bonds is 6. The first-order chi connectivity index (χ1) is 11.0. The van der Waals surface area contributed by atoms with E-state index in [0.717, 1.165) is 29.8 Å². The van der Waals surface area contributed by atoms with Gasteiger partial charge in [0.05, 0.1) is 5.69 Å². The second-order valence-electron chi connectivity index (χ2n) is 5.61. The van der Waals surface area contributed by atoms with Gasteiger partial charge in [0, 0.05) is 22.7 Å². The highest BCUT2D eigenvalue weighted by molar-refractivity contribution is 6.31. The monoisotopic (exact) mass is 332 g/mol. The number of nitrogens with zero attached hydrogens (tertiary/aromatic N) is 2. The predicted molar refractivity (Wildman–Crippen MR) is 89.6 cm³/mol. The van der Waals surface area contributed by atoms with E-state index in [1.54, 1.807) is 0 Å². The molecule has 1 aromatic heterocycles. The van der Waals surface area contributed by atoms with E-state index in [1.807, 2.05) is 31.2 Å². The summed E-state index contributed by atoms with van der Waals surface area (Å²) >= 11 is 6.14. The molecule has 0 aliphatic heterocycles. The SMILES string of the molecule is Cc1ccc(Nc2cc(C3CC3)nc(NCC(=O)O)n2)cc1Cl. The van der Waals surface area contributed by atoms with Crippen LogP contribution >= 0.6 is 11.6 Å². The number of benzene rings is 1. The van der Waals surface area contributed by atoms with Crippen molar-refractivity contribution in [3.05, 3.63) is 40.5 Å². The molecule has 0 bridgehead atoms. The second kappa shape index (κ2) is 6.42. The van der Waals surface area contributed by atoms with Gasteiger partial charge in [0.2, 0.25) is 5.95 Å². The normalized spacial score (nSPS) is 13.7. The number of halogens is 1. The van der Waals surface area contributed by atoms with Gasteiger partial charge in [-0.2, -0.15) is 4.98 Å². The van der Waals surface area contributed by atoms with Gasteiger partial charge in [0.15, 0.2) is 0 Å². The third kappa shape index (κ3) is 4.10. The lowest BCUT2D eigenvalue weighted by Crippen LogP contribution is -2.15. The maximum absolute atomic E-state index is 10.7. The molecule has 1 aromatic carbocycles. The number of anilines is 3. The van der Waals surface area contributed by atoms with Gasteiger partial charge in [-0.3, -0.25) is 4.79 Å². The summed E-state index contributed by atoms with van der Waals surface area (Å²) in [5.74, 6) is 0.419. The molecule has 3 N–H and O–H groups in total. The van der Waals surface area contributed by atoms with Crippen LogP contribution in [0.3, 0.4) is 0 Å². The Bertz CT molecular complexity index is 747. The van der Waals surface area contributed by atoms with Crippen LogP contribution in [-0.2, 0) is 4.79 Å². The summed E-state index contributed by atoms with van der Waals surface area (Å²) in [5.41, 5.74) is 2.75. The molecule has 1 heterocycles. The highest BCUT2D eigenvalue weighted by Crippen LogP contribution is 2.40.